The van der Waals surface area contributed by atoms with Crippen LogP contribution in [0.3, 0.4) is 0 Å². The summed E-state index contributed by atoms with van der Waals surface area (Å²) in [7, 11) is 0. The van der Waals surface area contributed by atoms with Crippen molar-refractivity contribution in [2.75, 3.05) is 18.5 Å². The molecule has 0 bridgehead atoms. The minimum Gasteiger partial charge on any atom is -0.379 e. The minimum absolute atomic E-state index is 0.471. The van der Waals surface area contributed by atoms with Gasteiger partial charge in [0, 0.05) is 12.3 Å². The zero-order valence-electron chi connectivity index (χ0n) is 8.62. The van der Waals surface area contributed by atoms with Gasteiger partial charge in [0.1, 0.15) is 0 Å². The van der Waals surface area contributed by atoms with Crippen LogP contribution in [0, 0.1) is 0 Å². The summed E-state index contributed by atoms with van der Waals surface area (Å²) in [6, 6.07) is 8.95. The highest BCUT2D eigenvalue weighted by Crippen LogP contribution is 2.24. The maximum Gasteiger partial charge on any atom is 0.0671 e. The van der Waals surface area contributed by atoms with Crippen LogP contribution in [0.5, 0.6) is 0 Å². The molecule has 2 nitrogen and oxygen atoms in total. The molecule has 2 heteroatoms. The summed E-state index contributed by atoms with van der Waals surface area (Å²) in [4.78, 5) is 0. The van der Waals surface area contributed by atoms with Crippen molar-refractivity contribution in [2.24, 2.45) is 0 Å². The normalized spacial score (nSPS) is 19.1. The van der Waals surface area contributed by atoms with Crippen LogP contribution in [0.4, 0.5) is 5.69 Å². The van der Waals surface area contributed by atoms with Crippen molar-refractivity contribution in [3.05, 3.63) is 29.8 Å². The molecule has 1 unspecified atom stereocenters. The molecule has 1 aliphatic rings. The van der Waals surface area contributed by atoms with E-state index in [1.807, 2.05) is 0 Å². The quantitative estimate of drug-likeness (QED) is 0.738. The molecule has 1 aromatic rings. The molecule has 0 aromatic heterocycles. The first kappa shape index (κ1) is 9.53. The van der Waals surface area contributed by atoms with Gasteiger partial charge in [-0.15, -0.1) is 0 Å². The van der Waals surface area contributed by atoms with Crippen LogP contribution in [0.2, 0.25) is 0 Å². The molecule has 0 saturated carbocycles. The predicted octanol–water partition coefficient (Wildman–Crippen LogP) is 2.45. The fourth-order valence-corrected chi connectivity index (χ4v) is 1.85. The molecule has 0 spiro atoms. The van der Waals surface area contributed by atoms with Crippen molar-refractivity contribution in [3.63, 3.8) is 0 Å². The Labute approximate surface area is 85.3 Å². The van der Waals surface area contributed by atoms with Crippen molar-refractivity contribution < 1.29 is 4.74 Å². The molecule has 2 rings (SSSR count). The van der Waals surface area contributed by atoms with Gasteiger partial charge >= 0.3 is 0 Å². The Morgan fingerprint density at radius 1 is 1.43 bits per heavy atom. The van der Waals surface area contributed by atoms with Crippen LogP contribution < -0.4 is 5.32 Å². The van der Waals surface area contributed by atoms with Gasteiger partial charge in [-0.25, -0.2) is 0 Å². The zero-order valence-corrected chi connectivity index (χ0v) is 8.62. The monoisotopic (exact) mass is 191 g/mol. The Bertz CT molecular complexity index is 273. The van der Waals surface area contributed by atoms with Crippen LogP contribution in [0.15, 0.2) is 24.3 Å². The van der Waals surface area contributed by atoms with Crippen molar-refractivity contribution in [2.45, 2.75) is 25.8 Å². The van der Waals surface area contributed by atoms with Crippen LogP contribution >= 0.6 is 0 Å². The minimum atomic E-state index is 0.471. The molecule has 1 aromatic carbocycles. The predicted molar refractivity (Wildman–Crippen MR) is 58.7 cm³/mol. The van der Waals surface area contributed by atoms with E-state index >= 15 is 0 Å². The smallest absolute Gasteiger partial charge is 0.0671 e. The molecule has 76 valence electrons. The van der Waals surface area contributed by atoms with Gasteiger partial charge in [-0.3, -0.25) is 0 Å². The summed E-state index contributed by atoms with van der Waals surface area (Å²) in [5, 5.41) is 3.47. The molecule has 1 aliphatic heterocycles. The number of hydrogen-bond donors (Lipinski definition) is 1. The van der Waals surface area contributed by atoms with E-state index in [2.05, 4.69) is 36.5 Å². The molecule has 1 heterocycles. The van der Waals surface area contributed by atoms with Gasteiger partial charge in [0.05, 0.1) is 12.6 Å². The Morgan fingerprint density at radius 2 is 2.29 bits per heavy atom. The van der Waals surface area contributed by atoms with Crippen molar-refractivity contribution >= 4 is 5.69 Å². The number of benzene rings is 1. The van der Waals surface area contributed by atoms with Gasteiger partial charge in [-0.1, -0.05) is 25.1 Å². The number of para-hydroxylation sites is 1. The lowest BCUT2D eigenvalue weighted by atomic mass is 10.1. The lowest BCUT2D eigenvalue weighted by Gasteiger charge is -2.10. The van der Waals surface area contributed by atoms with Crippen molar-refractivity contribution in [1.29, 1.82) is 0 Å². The highest BCUT2D eigenvalue weighted by atomic mass is 16.5. The van der Waals surface area contributed by atoms with E-state index in [4.69, 9.17) is 4.74 Å². The first-order valence-corrected chi connectivity index (χ1v) is 5.32. The molecule has 0 fully saturated rings. The molecule has 0 saturated heterocycles. The molecule has 1 atom stereocenters. The number of anilines is 1. The summed E-state index contributed by atoms with van der Waals surface area (Å²) in [6.07, 6.45) is 2.19. The summed E-state index contributed by atoms with van der Waals surface area (Å²) in [5.74, 6) is 0. The number of rotatable bonds is 4. The first-order chi connectivity index (χ1) is 6.90. The summed E-state index contributed by atoms with van der Waals surface area (Å²) < 4.78 is 5.54. The number of hydrogen-bond acceptors (Lipinski definition) is 2. The van der Waals surface area contributed by atoms with Gasteiger partial charge in [0.15, 0.2) is 0 Å². The van der Waals surface area contributed by atoms with E-state index in [9.17, 15) is 0 Å². The lowest BCUT2D eigenvalue weighted by Crippen LogP contribution is -2.22. The first-order valence-electron chi connectivity index (χ1n) is 5.32. The maximum atomic E-state index is 5.54. The van der Waals surface area contributed by atoms with E-state index in [1.54, 1.807) is 0 Å². The Hall–Kier alpha value is -1.02. The Morgan fingerprint density at radius 3 is 3.07 bits per heavy atom. The van der Waals surface area contributed by atoms with E-state index in [1.165, 1.54) is 11.3 Å². The zero-order chi connectivity index (χ0) is 9.80. The number of nitrogens with one attached hydrogen (secondary N) is 1. The highest BCUT2D eigenvalue weighted by Gasteiger charge is 2.19. The summed E-state index contributed by atoms with van der Waals surface area (Å²) in [6.45, 7) is 3.83. The SMILES string of the molecule is CCCOCC1Cc2ccccc2N1. The standard InChI is InChI=1S/C12H17NO/c1-2-7-14-9-11-8-10-5-3-4-6-12(10)13-11/h3-6,11,13H,2,7-9H2,1H3. The molecule has 0 radical (unpaired) electrons. The molecule has 0 aliphatic carbocycles. The van der Waals surface area contributed by atoms with E-state index < -0.39 is 0 Å². The van der Waals surface area contributed by atoms with Gasteiger partial charge < -0.3 is 10.1 Å². The average Bonchev–Trinajstić information content (AvgIpc) is 2.60. The van der Waals surface area contributed by atoms with E-state index in [0.29, 0.717) is 6.04 Å². The average molecular weight is 191 g/mol. The van der Waals surface area contributed by atoms with Crippen LogP contribution in [0.25, 0.3) is 0 Å². The second-order valence-electron chi connectivity index (χ2n) is 3.78. The third-order valence-electron chi connectivity index (χ3n) is 2.51. The molecular weight excluding hydrogens is 174 g/mol. The van der Waals surface area contributed by atoms with E-state index in [-0.39, 0.29) is 0 Å². The van der Waals surface area contributed by atoms with Crippen LogP contribution in [0.1, 0.15) is 18.9 Å². The van der Waals surface area contributed by atoms with Gasteiger partial charge in [-0.05, 0) is 24.5 Å². The Balaban J connectivity index is 1.86. The molecule has 1 N–H and O–H groups in total. The fourth-order valence-electron chi connectivity index (χ4n) is 1.85. The highest BCUT2D eigenvalue weighted by molar-refractivity contribution is 5.56. The number of fused-ring (bicyclic) bond motifs is 1. The fraction of sp³-hybridized carbons (Fsp3) is 0.500. The second-order valence-corrected chi connectivity index (χ2v) is 3.78. The van der Waals surface area contributed by atoms with Crippen LogP contribution in [-0.2, 0) is 11.2 Å². The summed E-state index contributed by atoms with van der Waals surface area (Å²) in [5.41, 5.74) is 2.69. The number of ether oxygens (including phenoxy) is 1. The lowest BCUT2D eigenvalue weighted by molar-refractivity contribution is 0.127. The molecular formula is C12H17NO. The molecule has 14 heavy (non-hydrogen) atoms. The maximum absolute atomic E-state index is 5.54. The van der Waals surface area contributed by atoms with Gasteiger partial charge in [0.2, 0.25) is 0 Å². The van der Waals surface area contributed by atoms with Crippen molar-refractivity contribution in [3.8, 4) is 0 Å². The van der Waals surface area contributed by atoms with E-state index in [0.717, 1.165) is 26.1 Å². The third kappa shape index (κ3) is 2.07. The topological polar surface area (TPSA) is 21.3 Å². The van der Waals surface area contributed by atoms with Gasteiger partial charge in [0.25, 0.3) is 0 Å². The molecule has 0 amide bonds. The van der Waals surface area contributed by atoms with Crippen LogP contribution in [-0.4, -0.2) is 19.3 Å². The largest absolute Gasteiger partial charge is 0.379 e. The Kier molecular flexibility index (Phi) is 3.04. The van der Waals surface area contributed by atoms with Gasteiger partial charge in [-0.2, -0.15) is 0 Å². The van der Waals surface area contributed by atoms with Crippen molar-refractivity contribution in [1.82, 2.24) is 0 Å². The summed E-state index contributed by atoms with van der Waals surface area (Å²) >= 11 is 0. The second kappa shape index (κ2) is 4.47. The third-order valence-corrected chi connectivity index (χ3v) is 2.51.